The van der Waals surface area contributed by atoms with Crippen molar-refractivity contribution in [1.82, 2.24) is 19.9 Å². The summed E-state index contributed by atoms with van der Waals surface area (Å²) in [5.74, 6) is 0. The van der Waals surface area contributed by atoms with E-state index in [-0.39, 0.29) is 39.2 Å². The van der Waals surface area contributed by atoms with E-state index < -0.39 is 30.0 Å². The zero-order valence-electron chi connectivity index (χ0n) is 16.3. The van der Waals surface area contributed by atoms with Crippen LogP contribution < -0.4 is 0 Å². The smallest absolute Gasteiger partial charge is 0.744 e. The molecule has 13 heteroatoms. The van der Waals surface area contributed by atoms with Gasteiger partial charge in [0.25, 0.3) is 0 Å². The number of nitrogens with zero attached hydrogens (tertiary/aromatic N) is 2. The first kappa shape index (κ1) is 23.1. The van der Waals surface area contributed by atoms with Gasteiger partial charge in [-0.05, 0) is 60.7 Å². The van der Waals surface area contributed by atoms with Gasteiger partial charge < -0.3 is 19.1 Å². The number of H-pyrrole nitrogens is 2. The van der Waals surface area contributed by atoms with Crippen LogP contribution in [0.2, 0.25) is 0 Å². The normalized spacial score (nSPS) is 13.2. The molecule has 169 valence electrons. The standard InChI is InChI=1S/C20H14N4O6S2.Co/c25-31(26,27)19-17-9-15-5-3-13(22-15)7-11-1-2-12(21-11)8-14-4-6-16(23-14)10-18(24-17)20(19)32(28,29)30;/h1-10,21,24H,(H,25,26,27)(H,28,29,30);/q;+2/p-2. The molecule has 2 N–H and O–H groups in total. The molecule has 0 aliphatic carbocycles. The van der Waals surface area contributed by atoms with E-state index in [0.717, 1.165) is 11.0 Å². The van der Waals surface area contributed by atoms with E-state index in [1.54, 1.807) is 36.4 Å². The van der Waals surface area contributed by atoms with Gasteiger partial charge in [0.1, 0.15) is 20.2 Å². The van der Waals surface area contributed by atoms with Crippen molar-refractivity contribution in [2.75, 3.05) is 0 Å². The summed E-state index contributed by atoms with van der Waals surface area (Å²) in [6.45, 7) is 0. The van der Waals surface area contributed by atoms with Gasteiger partial charge in [0.15, 0.2) is 0 Å². The van der Waals surface area contributed by atoms with Crippen molar-refractivity contribution in [3.8, 4) is 0 Å². The molecule has 0 saturated carbocycles. The Balaban J connectivity index is 0.00000259. The third-order valence-corrected chi connectivity index (χ3v) is 6.73. The molecule has 3 aromatic rings. The van der Waals surface area contributed by atoms with E-state index >= 15 is 0 Å². The van der Waals surface area contributed by atoms with Gasteiger partial charge in [-0.1, -0.05) is 0 Å². The van der Waals surface area contributed by atoms with Crippen LogP contribution in [0.4, 0.5) is 0 Å². The largest absolute Gasteiger partial charge is 2.00 e. The minimum atomic E-state index is -5.34. The molecule has 5 rings (SSSR count). The summed E-state index contributed by atoms with van der Waals surface area (Å²) in [5.41, 5.74) is 2.37. The molecule has 0 amide bonds. The Bertz CT molecular complexity index is 1610. The Hall–Kier alpha value is -3.07. The quantitative estimate of drug-likeness (QED) is 0.330. The molecular weight excluding hydrogens is 515 g/mol. The number of nitrogens with one attached hydrogen (secondary N) is 2. The molecule has 0 spiro atoms. The number of aromatic amines is 2. The second-order valence-electron chi connectivity index (χ2n) is 7.05. The van der Waals surface area contributed by atoms with Crippen molar-refractivity contribution in [2.24, 2.45) is 0 Å². The Morgan fingerprint density at radius 2 is 0.970 bits per heavy atom. The van der Waals surface area contributed by atoms with E-state index in [9.17, 15) is 25.9 Å². The average Bonchev–Trinajstić information content (AvgIpc) is 3.43. The molecule has 0 fully saturated rings. The molecule has 0 saturated heterocycles. The predicted molar refractivity (Wildman–Crippen MR) is 115 cm³/mol. The van der Waals surface area contributed by atoms with E-state index in [4.69, 9.17) is 0 Å². The predicted octanol–water partition coefficient (Wildman–Crippen LogP) is 2.46. The van der Waals surface area contributed by atoms with Gasteiger partial charge in [0, 0.05) is 11.0 Å². The fraction of sp³-hybridized carbons (Fsp3) is 0. The van der Waals surface area contributed by atoms with Crippen LogP contribution in [-0.2, 0) is 37.0 Å². The van der Waals surface area contributed by atoms with Gasteiger partial charge in [-0.15, -0.1) is 0 Å². The first-order chi connectivity index (χ1) is 15.1. The van der Waals surface area contributed by atoms with E-state index in [1.807, 2.05) is 12.1 Å². The van der Waals surface area contributed by atoms with E-state index in [2.05, 4.69) is 19.9 Å². The molecule has 3 aromatic heterocycles. The van der Waals surface area contributed by atoms with Crippen LogP contribution in [0.1, 0.15) is 22.8 Å². The topological polar surface area (TPSA) is 172 Å². The summed E-state index contributed by atoms with van der Waals surface area (Å²) in [6, 6.07) is 9.58. The third kappa shape index (κ3) is 4.55. The van der Waals surface area contributed by atoms with Gasteiger partial charge >= 0.3 is 16.8 Å². The minimum Gasteiger partial charge on any atom is -0.744 e. The van der Waals surface area contributed by atoms with Gasteiger partial charge in [0.2, 0.25) is 0 Å². The van der Waals surface area contributed by atoms with Crippen LogP contribution >= 0.6 is 0 Å². The van der Waals surface area contributed by atoms with Crippen molar-refractivity contribution in [2.45, 2.75) is 9.79 Å². The first-order valence-electron chi connectivity index (χ1n) is 9.09. The van der Waals surface area contributed by atoms with Crippen molar-refractivity contribution in [3.63, 3.8) is 0 Å². The Morgan fingerprint density at radius 1 is 0.606 bits per heavy atom. The zero-order chi connectivity index (χ0) is 22.7. The van der Waals surface area contributed by atoms with Crippen LogP contribution in [-0.4, -0.2) is 45.9 Å². The van der Waals surface area contributed by atoms with Crippen LogP contribution in [0.25, 0.3) is 46.4 Å². The van der Waals surface area contributed by atoms with Crippen LogP contribution in [0, 0.1) is 0 Å². The summed E-state index contributed by atoms with van der Waals surface area (Å²) < 4.78 is 71.7. The van der Waals surface area contributed by atoms with Crippen LogP contribution in [0.15, 0.2) is 46.2 Å². The van der Waals surface area contributed by atoms with Crippen molar-refractivity contribution in [3.05, 3.63) is 59.2 Å². The fourth-order valence-corrected chi connectivity index (χ4v) is 5.57. The number of fused-ring (bicyclic) bond motifs is 8. The Morgan fingerprint density at radius 3 is 1.33 bits per heavy atom. The van der Waals surface area contributed by atoms with Gasteiger partial charge in [-0.25, -0.2) is 26.8 Å². The monoisotopic (exact) mass is 527 g/mol. The summed E-state index contributed by atoms with van der Waals surface area (Å²) in [6.07, 6.45) is 6.43. The zero-order valence-corrected chi connectivity index (χ0v) is 18.9. The maximum Gasteiger partial charge on any atom is 2.00 e. The number of hydrogen-bond acceptors (Lipinski definition) is 8. The second-order valence-corrected chi connectivity index (χ2v) is 9.69. The number of aromatic nitrogens is 4. The maximum atomic E-state index is 11.9. The summed E-state index contributed by atoms with van der Waals surface area (Å²) in [4.78, 5) is 12.1. The molecule has 2 aliphatic rings. The van der Waals surface area contributed by atoms with Gasteiger partial charge in [-0.2, -0.15) is 0 Å². The SMILES string of the molecule is O=S(=O)([O-])c1c(S(=O)(=O)[O-])c2cc3nc(cc4ccc(cc5nc(cc1[nH]2)C=C5)[nH]4)C=C3.[Co+2]. The second kappa shape index (κ2) is 8.05. The maximum absolute atomic E-state index is 11.9. The van der Waals surface area contributed by atoms with Crippen molar-refractivity contribution in [1.29, 1.82) is 0 Å². The van der Waals surface area contributed by atoms with E-state index in [0.29, 0.717) is 11.4 Å². The third-order valence-electron chi connectivity index (χ3n) is 4.75. The van der Waals surface area contributed by atoms with Crippen LogP contribution in [0.5, 0.6) is 0 Å². The summed E-state index contributed by atoms with van der Waals surface area (Å²) >= 11 is 0. The molecule has 33 heavy (non-hydrogen) atoms. The number of rotatable bonds is 2. The molecule has 0 unspecified atom stereocenters. The Labute approximate surface area is 197 Å². The van der Waals surface area contributed by atoms with Crippen molar-refractivity contribution < 1.29 is 42.7 Å². The van der Waals surface area contributed by atoms with Crippen molar-refractivity contribution >= 4 is 66.6 Å². The minimum absolute atomic E-state index is 0. The van der Waals surface area contributed by atoms with Gasteiger partial charge in [-0.3, -0.25) is 0 Å². The fourth-order valence-electron chi connectivity index (χ4n) is 3.53. The Kier molecular flexibility index (Phi) is 5.64. The molecule has 0 aromatic carbocycles. The molecule has 2 aliphatic heterocycles. The molecule has 5 heterocycles. The van der Waals surface area contributed by atoms with E-state index in [1.165, 1.54) is 12.1 Å². The molecular formula is C20H12CoN4O6S2. The number of hydrogen-bond donors (Lipinski definition) is 2. The summed E-state index contributed by atoms with van der Waals surface area (Å²) in [7, 11) is -10.7. The molecule has 10 nitrogen and oxygen atoms in total. The molecule has 1 radical (unpaired) electrons. The average molecular weight is 527 g/mol. The van der Waals surface area contributed by atoms with Gasteiger partial charge in [0.05, 0.1) is 43.6 Å². The van der Waals surface area contributed by atoms with Crippen LogP contribution in [0.3, 0.4) is 0 Å². The summed E-state index contributed by atoms with van der Waals surface area (Å²) in [5, 5.41) is 0. The molecule has 8 bridgehead atoms. The molecule has 0 atom stereocenters. The first-order valence-corrected chi connectivity index (χ1v) is 11.9.